The van der Waals surface area contributed by atoms with Crippen LogP contribution in [0.15, 0.2) is 6.20 Å². The van der Waals surface area contributed by atoms with E-state index < -0.39 is 5.97 Å². The van der Waals surface area contributed by atoms with Gasteiger partial charge in [-0.1, -0.05) is 13.8 Å². The van der Waals surface area contributed by atoms with Gasteiger partial charge in [0.05, 0.1) is 11.8 Å². The van der Waals surface area contributed by atoms with Crippen molar-refractivity contribution in [3.8, 4) is 0 Å². The van der Waals surface area contributed by atoms with Gasteiger partial charge in [0.15, 0.2) is 0 Å². The second-order valence-electron chi connectivity index (χ2n) is 2.56. The van der Waals surface area contributed by atoms with Crippen molar-refractivity contribution < 1.29 is 9.90 Å². The maximum atomic E-state index is 10.6. The average molecular weight is 171 g/mol. The van der Waals surface area contributed by atoms with E-state index in [1.54, 1.807) is 0 Å². The molecule has 1 rings (SSSR count). The maximum absolute atomic E-state index is 10.6. The van der Waals surface area contributed by atoms with E-state index in [1.165, 1.54) is 17.7 Å². The smallest absolute Gasteiger partial charge is 0.338 e. The molecule has 4 heteroatoms. The van der Waals surface area contributed by atoms with E-state index in [9.17, 15) is 4.79 Å². The maximum Gasteiger partial charge on any atom is 0.338 e. The third-order valence-corrected chi connectivity index (χ3v) is 2.45. The fourth-order valence-electron chi connectivity index (χ4n) is 0.826. The Kier molecular flexibility index (Phi) is 2.24. The van der Waals surface area contributed by atoms with Gasteiger partial charge in [0, 0.05) is 4.88 Å². The number of hydrogen-bond donors (Lipinski definition) is 1. The molecule has 0 unspecified atom stereocenters. The second kappa shape index (κ2) is 3.00. The Labute approximate surface area is 68.8 Å². The quantitative estimate of drug-likeness (QED) is 0.740. The van der Waals surface area contributed by atoms with E-state index in [0.717, 1.165) is 4.88 Å². The molecular formula is C7H9NO2S. The molecule has 1 aromatic heterocycles. The van der Waals surface area contributed by atoms with E-state index in [-0.39, 0.29) is 5.92 Å². The topological polar surface area (TPSA) is 50.2 Å². The van der Waals surface area contributed by atoms with Crippen molar-refractivity contribution in [1.29, 1.82) is 0 Å². The summed E-state index contributed by atoms with van der Waals surface area (Å²) in [5.74, 6) is -0.643. The van der Waals surface area contributed by atoms with E-state index in [4.69, 9.17) is 5.11 Å². The first-order valence-electron chi connectivity index (χ1n) is 3.30. The fraction of sp³-hybridized carbons (Fsp3) is 0.429. The molecule has 0 aliphatic heterocycles. The van der Waals surface area contributed by atoms with Crippen molar-refractivity contribution in [1.82, 2.24) is 4.37 Å². The Morgan fingerprint density at radius 2 is 2.36 bits per heavy atom. The number of carboxylic acid groups (broad SMARTS) is 1. The molecule has 11 heavy (non-hydrogen) atoms. The summed E-state index contributed by atoms with van der Waals surface area (Å²) in [4.78, 5) is 11.4. The van der Waals surface area contributed by atoms with Gasteiger partial charge in [0.25, 0.3) is 0 Å². The highest BCUT2D eigenvalue weighted by molar-refractivity contribution is 7.06. The van der Waals surface area contributed by atoms with Crippen LogP contribution in [0.5, 0.6) is 0 Å². The molecule has 3 nitrogen and oxygen atoms in total. The van der Waals surface area contributed by atoms with Crippen LogP contribution in [0.4, 0.5) is 0 Å². The lowest BCUT2D eigenvalue weighted by atomic mass is 10.1. The lowest BCUT2D eigenvalue weighted by Crippen LogP contribution is -1.98. The SMILES string of the molecule is CC(C)c1sncc1C(=O)O. The summed E-state index contributed by atoms with van der Waals surface area (Å²) in [6.07, 6.45) is 1.41. The van der Waals surface area contributed by atoms with Crippen LogP contribution >= 0.6 is 11.5 Å². The Hall–Kier alpha value is -0.900. The van der Waals surface area contributed by atoms with E-state index in [1.807, 2.05) is 13.8 Å². The molecule has 0 fully saturated rings. The van der Waals surface area contributed by atoms with Gasteiger partial charge >= 0.3 is 5.97 Å². The van der Waals surface area contributed by atoms with Gasteiger partial charge in [0.1, 0.15) is 0 Å². The molecule has 0 amide bonds. The highest BCUT2D eigenvalue weighted by Crippen LogP contribution is 2.22. The number of carboxylic acids is 1. The fourth-order valence-corrected chi connectivity index (χ4v) is 1.55. The molecule has 0 aliphatic rings. The van der Waals surface area contributed by atoms with E-state index in [2.05, 4.69) is 4.37 Å². The molecule has 0 saturated heterocycles. The van der Waals surface area contributed by atoms with Crippen LogP contribution in [0.1, 0.15) is 35.0 Å². The molecule has 0 saturated carbocycles. The second-order valence-corrected chi connectivity index (χ2v) is 3.40. The van der Waals surface area contributed by atoms with Crippen molar-refractivity contribution in [2.24, 2.45) is 0 Å². The van der Waals surface area contributed by atoms with E-state index in [0.29, 0.717) is 5.56 Å². The normalized spacial score (nSPS) is 10.5. The Morgan fingerprint density at radius 3 is 2.73 bits per heavy atom. The largest absolute Gasteiger partial charge is 0.478 e. The minimum Gasteiger partial charge on any atom is -0.478 e. The summed E-state index contributed by atoms with van der Waals surface area (Å²) in [6.45, 7) is 3.92. The van der Waals surface area contributed by atoms with Gasteiger partial charge in [0.2, 0.25) is 0 Å². The number of aromatic nitrogens is 1. The highest BCUT2D eigenvalue weighted by Gasteiger charge is 2.14. The number of carbonyl (C=O) groups is 1. The van der Waals surface area contributed by atoms with Crippen LogP contribution in [0.25, 0.3) is 0 Å². The number of hydrogen-bond acceptors (Lipinski definition) is 3. The standard InChI is InChI=1S/C7H9NO2S/c1-4(2)6-5(7(9)10)3-8-11-6/h3-4H,1-2H3,(H,9,10). The van der Waals surface area contributed by atoms with Gasteiger partial charge in [-0.05, 0) is 17.5 Å². The predicted octanol–water partition coefficient (Wildman–Crippen LogP) is 1.96. The van der Waals surface area contributed by atoms with Crippen LogP contribution < -0.4 is 0 Å². The summed E-state index contributed by atoms with van der Waals surface area (Å²) in [5.41, 5.74) is 0.338. The predicted molar refractivity (Wildman–Crippen MR) is 43.2 cm³/mol. The number of rotatable bonds is 2. The Balaban J connectivity index is 3.06. The minimum absolute atomic E-state index is 0.244. The molecular weight excluding hydrogens is 162 g/mol. The minimum atomic E-state index is -0.887. The average Bonchev–Trinajstić information content (AvgIpc) is 2.32. The van der Waals surface area contributed by atoms with Crippen LogP contribution in [0.2, 0.25) is 0 Å². The summed E-state index contributed by atoms with van der Waals surface area (Å²) in [7, 11) is 0. The van der Waals surface area contributed by atoms with Crippen LogP contribution in [0, 0.1) is 0 Å². The van der Waals surface area contributed by atoms with Crippen molar-refractivity contribution in [2.45, 2.75) is 19.8 Å². The van der Waals surface area contributed by atoms with Gasteiger partial charge in [-0.15, -0.1) is 0 Å². The lowest BCUT2D eigenvalue weighted by Gasteiger charge is -1.99. The first kappa shape index (κ1) is 8.20. The summed E-state index contributed by atoms with van der Waals surface area (Å²) < 4.78 is 3.83. The molecule has 0 spiro atoms. The molecule has 0 aliphatic carbocycles. The van der Waals surface area contributed by atoms with Gasteiger partial charge in [-0.3, -0.25) is 0 Å². The van der Waals surface area contributed by atoms with Crippen molar-refractivity contribution in [3.05, 3.63) is 16.6 Å². The van der Waals surface area contributed by atoms with Crippen LogP contribution in [-0.4, -0.2) is 15.4 Å². The molecule has 60 valence electrons. The summed E-state index contributed by atoms with van der Waals surface area (Å²) in [6, 6.07) is 0. The monoisotopic (exact) mass is 171 g/mol. The zero-order valence-electron chi connectivity index (χ0n) is 6.37. The van der Waals surface area contributed by atoms with Crippen LogP contribution in [-0.2, 0) is 0 Å². The zero-order chi connectivity index (χ0) is 8.43. The Morgan fingerprint density at radius 1 is 1.73 bits per heavy atom. The molecule has 0 aromatic carbocycles. The molecule has 0 bridgehead atoms. The molecule has 0 radical (unpaired) electrons. The summed E-state index contributed by atoms with van der Waals surface area (Å²) >= 11 is 1.26. The lowest BCUT2D eigenvalue weighted by molar-refractivity contribution is 0.0696. The Bertz CT molecular complexity index is 267. The number of nitrogens with zero attached hydrogens (tertiary/aromatic N) is 1. The number of aromatic carboxylic acids is 1. The van der Waals surface area contributed by atoms with E-state index >= 15 is 0 Å². The van der Waals surface area contributed by atoms with Crippen LogP contribution in [0.3, 0.4) is 0 Å². The molecule has 1 N–H and O–H groups in total. The highest BCUT2D eigenvalue weighted by atomic mass is 32.1. The first-order chi connectivity index (χ1) is 5.13. The van der Waals surface area contributed by atoms with Gasteiger partial charge in [-0.25, -0.2) is 4.79 Å². The van der Waals surface area contributed by atoms with Crippen molar-refractivity contribution in [2.75, 3.05) is 0 Å². The van der Waals surface area contributed by atoms with Gasteiger partial charge in [-0.2, -0.15) is 4.37 Å². The van der Waals surface area contributed by atoms with Crippen molar-refractivity contribution >= 4 is 17.5 Å². The first-order valence-corrected chi connectivity index (χ1v) is 4.08. The molecule has 1 aromatic rings. The molecule has 0 atom stereocenters. The van der Waals surface area contributed by atoms with Gasteiger partial charge < -0.3 is 5.11 Å². The third kappa shape index (κ3) is 1.57. The summed E-state index contributed by atoms with van der Waals surface area (Å²) in [5, 5.41) is 8.67. The molecule has 1 heterocycles. The van der Waals surface area contributed by atoms with Crippen molar-refractivity contribution in [3.63, 3.8) is 0 Å². The zero-order valence-corrected chi connectivity index (χ0v) is 7.18. The third-order valence-electron chi connectivity index (χ3n) is 1.35.